The fourth-order valence-electron chi connectivity index (χ4n) is 9.77. The molecule has 60 heavy (non-hydrogen) atoms. The van der Waals surface area contributed by atoms with E-state index in [0.29, 0.717) is 26.5 Å². The number of aryl methyl sites for hydroxylation is 2. The van der Waals surface area contributed by atoms with Gasteiger partial charge in [0.25, 0.3) is 11.1 Å². The molecule has 2 N–H and O–H groups in total. The summed E-state index contributed by atoms with van der Waals surface area (Å²) in [5, 5.41) is 0. The molecule has 14 heteroatoms. The fraction of sp³-hybridized carbons (Fsp3) is 0.435. The molecular weight excluding hydrogens is 797 g/mol. The molecule has 6 aliphatic rings. The number of nitrogens with two attached hydrogens (primary N) is 1. The molecule has 0 unspecified atom stereocenters. The summed E-state index contributed by atoms with van der Waals surface area (Å²) in [5.74, 6) is -0.675. The molecule has 4 aromatic rings. The second kappa shape index (κ2) is 14.5. The standard InChI is InChI=1S/C25H31N3O5S2.C21H23N3O/c1-4-34(30,31)28(35(32,33)5-2)18-9-10-23(27-14-13-25(17-27)11-12-25)21(15-18)22-16-26(3)24(29)20-8-6-7-19(20)22;1-23-12-18(15-3-2-4-16(15)20(23)25)17-11-14(22)5-6-19(17)24-10-9-21(13-24)7-8-21/h6-7,9-10,15-16H,4-5,8,11-14,17H2,1-3H3;2-3,5-6,11-12H,4,7-10,13,22H2,1H3. The summed E-state index contributed by atoms with van der Waals surface area (Å²) in [7, 11) is -4.63. The van der Waals surface area contributed by atoms with E-state index in [9.17, 15) is 26.4 Å². The number of nitrogens with zero attached hydrogens (tertiary/aromatic N) is 5. The number of hydrogen-bond donors (Lipinski definition) is 1. The number of allylic oxidation sites excluding steroid dienone is 2. The lowest BCUT2D eigenvalue weighted by Crippen LogP contribution is -2.39. The highest BCUT2D eigenvalue weighted by Gasteiger charge is 2.49. The van der Waals surface area contributed by atoms with Crippen molar-refractivity contribution in [2.45, 2.75) is 65.2 Å². The molecule has 2 spiro atoms. The van der Waals surface area contributed by atoms with E-state index in [2.05, 4.69) is 34.1 Å². The first-order valence-electron chi connectivity index (χ1n) is 21.2. The average Bonchev–Trinajstić information content (AvgIpc) is 3.76. The van der Waals surface area contributed by atoms with Gasteiger partial charge in [-0.15, -0.1) is 0 Å². The number of pyridine rings is 2. The number of rotatable bonds is 9. The van der Waals surface area contributed by atoms with Gasteiger partial charge in [0.15, 0.2) is 0 Å². The molecule has 4 aliphatic carbocycles. The van der Waals surface area contributed by atoms with Crippen LogP contribution in [0.4, 0.5) is 22.7 Å². The van der Waals surface area contributed by atoms with Gasteiger partial charge in [-0.2, -0.15) is 3.71 Å². The number of anilines is 4. The van der Waals surface area contributed by atoms with Crippen LogP contribution in [0.1, 0.15) is 74.6 Å². The van der Waals surface area contributed by atoms with Crippen molar-refractivity contribution in [3.63, 3.8) is 0 Å². The van der Waals surface area contributed by atoms with E-state index in [4.69, 9.17) is 5.73 Å². The first kappa shape index (κ1) is 40.3. The van der Waals surface area contributed by atoms with Crippen molar-refractivity contribution in [1.29, 1.82) is 0 Å². The quantitative estimate of drug-likeness (QED) is 0.191. The monoisotopic (exact) mass is 850 g/mol. The summed E-state index contributed by atoms with van der Waals surface area (Å²) < 4.78 is 55.7. The predicted molar refractivity (Wildman–Crippen MR) is 243 cm³/mol. The maximum absolute atomic E-state index is 13.0. The Morgan fingerprint density at radius 1 is 0.633 bits per heavy atom. The third kappa shape index (κ3) is 6.98. The number of aromatic nitrogens is 2. The largest absolute Gasteiger partial charge is 0.399 e. The molecule has 0 bridgehead atoms. The summed E-state index contributed by atoms with van der Waals surface area (Å²) in [6.45, 7) is 6.95. The van der Waals surface area contributed by atoms with E-state index in [0.717, 1.165) is 89.3 Å². The van der Waals surface area contributed by atoms with Crippen molar-refractivity contribution in [3.05, 3.63) is 104 Å². The van der Waals surface area contributed by atoms with Gasteiger partial charge in [0.2, 0.25) is 20.0 Å². The Morgan fingerprint density at radius 2 is 1.08 bits per heavy atom. The molecule has 0 radical (unpaired) electrons. The third-order valence-electron chi connectivity index (χ3n) is 13.7. The van der Waals surface area contributed by atoms with Crippen LogP contribution in [0.2, 0.25) is 0 Å². The highest BCUT2D eigenvalue weighted by Crippen LogP contribution is 2.55. The van der Waals surface area contributed by atoms with E-state index < -0.39 is 20.0 Å². The predicted octanol–water partition coefficient (Wildman–Crippen LogP) is 6.31. The SMILES string of the molecule is CCS(=O)(=O)N(c1ccc(N2CCC3(CC3)C2)c(-c2cn(C)c(=O)c3c2C=CC3)c1)S(=O)(=O)CC.Cn1cc(-c2cc(N)ccc2N2CCC3(CC3)C2)c2c(c1=O)CC=C2. The van der Waals surface area contributed by atoms with E-state index in [-0.39, 0.29) is 28.3 Å². The van der Waals surface area contributed by atoms with Gasteiger partial charge in [-0.1, -0.05) is 24.3 Å². The normalized spacial score (nSPS) is 18.9. The molecule has 2 aliphatic heterocycles. The number of benzene rings is 2. The van der Waals surface area contributed by atoms with Crippen molar-refractivity contribution >= 4 is 54.9 Å². The minimum atomic E-state index is -4.09. The van der Waals surface area contributed by atoms with Crippen LogP contribution in [0.5, 0.6) is 0 Å². The van der Waals surface area contributed by atoms with Crippen molar-refractivity contribution in [2.24, 2.45) is 24.9 Å². The summed E-state index contributed by atoms with van der Waals surface area (Å²) >= 11 is 0. The topological polar surface area (TPSA) is 148 Å². The molecule has 12 nitrogen and oxygen atoms in total. The molecule has 316 valence electrons. The van der Waals surface area contributed by atoms with Gasteiger partial charge in [0.05, 0.1) is 17.2 Å². The molecule has 2 saturated heterocycles. The van der Waals surface area contributed by atoms with Gasteiger partial charge in [-0.25, -0.2) is 16.8 Å². The summed E-state index contributed by atoms with van der Waals surface area (Å²) in [6, 6.07) is 11.3. The summed E-state index contributed by atoms with van der Waals surface area (Å²) in [6.07, 6.45) is 20.6. The second-order valence-corrected chi connectivity index (χ2v) is 22.2. The van der Waals surface area contributed by atoms with Crippen LogP contribution in [0.3, 0.4) is 0 Å². The zero-order chi connectivity index (χ0) is 42.4. The molecule has 4 heterocycles. The zero-order valence-corrected chi connectivity index (χ0v) is 36.5. The molecule has 0 atom stereocenters. The van der Waals surface area contributed by atoms with Crippen LogP contribution in [-0.4, -0.2) is 63.7 Å². The Morgan fingerprint density at radius 3 is 1.52 bits per heavy atom. The van der Waals surface area contributed by atoms with E-state index in [1.54, 1.807) is 34.5 Å². The van der Waals surface area contributed by atoms with Crippen LogP contribution in [-0.2, 0) is 47.0 Å². The van der Waals surface area contributed by atoms with Crippen LogP contribution in [0.15, 0.2) is 70.5 Å². The van der Waals surface area contributed by atoms with Gasteiger partial charge >= 0.3 is 0 Å². The first-order chi connectivity index (χ1) is 28.6. The van der Waals surface area contributed by atoms with Crippen molar-refractivity contribution < 1.29 is 16.8 Å². The molecule has 4 fully saturated rings. The molecule has 10 rings (SSSR count). The highest BCUT2D eigenvalue weighted by molar-refractivity contribution is 8.10. The van der Waals surface area contributed by atoms with Crippen molar-refractivity contribution in [2.75, 3.05) is 56.9 Å². The second-order valence-electron chi connectivity index (χ2n) is 17.7. The lowest BCUT2D eigenvalue weighted by Gasteiger charge is -2.27. The van der Waals surface area contributed by atoms with Crippen molar-refractivity contribution in [3.8, 4) is 22.3 Å². The number of nitrogen functional groups attached to an aromatic ring is 1. The lowest BCUT2D eigenvalue weighted by atomic mass is 9.97. The molecular formula is C46H54N6O6S2. The lowest BCUT2D eigenvalue weighted by molar-refractivity contribution is 0.581. The van der Waals surface area contributed by atoms with Crippen LogP contribution < -0.4 is 30.4 Å². The van der Waals surface area contributed by atoms with Gasteiger partial charge in [-0.3, -0.25) is 9.59 Å². The Hall–Kier alpha value is -5.08. The number of sulfonamides is 2. The smallest absolute Gasteiger partial charge is 0.254 e. The van der Waals surface area contributed by atoms with Gasteiger partial charge < -0.3 is 24.7 Å². The minimum Gasteiger partial charge on any atom is -0.399 e. The van der Waals surface area contributed by atoms with Gasteiger partial charge in [-0.05, 0) is 124 Å². The number of fused-ring (bicyclic) bond motifs is 2. The number of hydrogen-bond acceptors (Lipinski definition) is 9. The van der Waals surface area contributed by atoms with E-state index in [1.807, 2.05) is 37.5 Å². The van der Waals surface area contributed by atoms with Crippen LogP contribution in [0, 0.1) is 10.8 Å². The molecule has 2 saturated carbocycles. The van der Waals surface area contributed by atoms with Crippen LogP contribution >= 0.6 is 0 Å². The molecule has 0 amide bonds. The van der Waals surface area contributed by atoms with Gasteiger partial charge in [0.1, 0.15) is 0 Å². The zero-order valence-electron chi connectivity index (χ0n) is 34.9. The maximum Gasteiger partial charge on any atom is 0.254 e. The van der Waals surface area contributed by atoms with Crippen molar-refractivity contribution in [1.82, 2.24) is 9.13 Å². The van der Waals surface area contributed by atoms with E-state index >= 15 is 0 Å². The Balaban J connectivity index is 0.000000162. The van der Waals surface area contributed by atoms with E-state index in [1.165, 1.54) is 51.6 Å². The maximum atomic E-state index is 13.0. The first-order valence-corrected chi connectivity index (χ1v) is 24.4. The Labute approximate surface area is 352 Å². The summed E-state index contributed by atoms with van der Waals surface area (Å²) in [5.41, 5.74) is 17.4. The molecule has 2 aromatic carbocycles. The average molecular weight is 851 g/mol. The Kier molecular flexibility index (Phi) is 9.77. The highest BCUT2D eigenvalue weighted by atomic mass is 32.3. The van der Waals surface area contributed by atoms with Crippen LogP contribution in [0.25, 0.3) is 34.4 Å². The minimum absolute atomic E-state index is 0.0618. The Bertz CT molecular complexity index is 2820. The summed E-state index contributed by atoms with van der Waals surface area (Å²) in [4.78, 5) is 30.0. The molecule has 2 aromatic heterocycles. The van der Waals surface area contributed by atoms with Gasteiger partial charge in [0, 0.05) is 103 Å². The third-order valence-corrected chi connectivity index (χ3v) is 18.0. The fourth-order valence-corrected chi connectivity index (χ4v) is 13.1.